The molecule has 2 aromatic carbocycles. The number of rotatable bonds is 6. The summed E-state index contributed by atoms with van der Waals surface area (Å²) < 4.78 is 0. The number of hydrogen-bond acceptors (Lipinski definition) is 4. The third kappa shape index (κ3) is 4.79. The van der Waals surface area contributed by atoms with Gasteiger partial charge in [-0.25, -0.2) is 9.97 Å². The maximum absolute atomic E-state index is 4.57. The molecular weight excluding hydrogens is 473 g/mol. The van der Waals surface area contributed by atoms with Gasteiger partial charge in [-0.2, -0.15) is 0 Å². The molecule has 6 nitrogen and oxygen atoms in total. The van der Waals surface area contributed by atoms with E-state index >= 15 is 0 Å². The minimum Gasteiger partial charge on any atom is -0.489 e. The van der Waals surface area contributed by atoms with E-state index in [-0.39, 0.29) is 38.8 Å². The molecule has 0 spiro atoms. The van der Waals surface area contributed by atoms with E-state index < -0.39 is 0 Å². The normalized spacial score (nSPS) is 16.6. The summed E-state index contributed by atoms with van der Waals surface area (Å²) in [5.41, 5.74) is 6.60. The Labute approximate surface area is 213 Å². The second-order valence-corrected chi connectivity index (χ2v) is 7.92. The van der Waals surface area contributed by atoms with Gasteiger partial charge in [-0.1, -0.05) is 54.6 Å². The van der Waals surface area contributed by atoms with Crippen molar-refractivity contribution in [3.8, 4) is 33.6 Å². The van der Waals surface area contributed by atoms with Crippen molar-refractivity contribution in [2.24, 2.45) is 0 Å². The van der Waals surface area contributed by atoms with Gasteiger partial charge in [0.05, 0.1) is 35.6 Å². The average Bonchev–Trinajstić information content (AvgIpc) is 3.60. The molecule has 0 bridgehead atoms. The van der Waals surface area contributed by atoms with Crippen molar-refractivity contribution in [2.45, 2.75) is 24.9 Å². The second-order valence-electron chi connectivity index (χ2n) is 7.92. The van der Waals surface area contributed by atoms with Crippen LogP contribution in [0, 0.1) is 14.0 Å². The molecule has 5 rings (SSSR count). The SMILES string of the molecule is [CH2-]NC([CH2-])c1ncc(-c2ccc(-c3ccc(-c4cnc(C5CCCN5)[nH]4)cc3)cc2)[nH]1.[Y]. The zero-order valence-electron chi connectivity index (χ0n) is 17.9. The zero-order chi connectivity index (χ0) is 21.2. The molecule has 1 fully saturated rings. The standard InChI is InChI=1S/C25H26N6.Y/c1-16(26-2)24-28-14-22(30-24)19-9-5-17(6-10-19)18-7-11-20(12-8-18)23-15-29-25(31-23)21-4-3-13-27-21;/h5-12,14-16,21,26-27H,1-4,13H2,(H,28,30)(H,29,31);/q-2;. The summed E-state index contributed by atoms with van der Waals surface area (Å²) in [6, 6.07) is 17.3. The minimum atomic E-state index is -0.160. The van der Waals surface area contributed by atoms with Crippen molar-refractivity contribution < 1.29 is 32.7 Å². The number of aromatic amines is 2. The van der Waals surface area contributed by atoms with Gasteiger partial charge >= 0.3 is 0 Å². The van der Waals surface area contributed by atoms with Crippen molar-refractivity contribution in [2.75, 3.05) is 6.54 Å². The number of H-pyrrole nitrogens is 2. The van der Waals surface area contributed by atoms with Gasteiger partial charge in [-0.3, -0.25) is 7.05 Å². The smallest absolute Gasteiger partial charge is 0.123 e. The van der Waals surface area contributed by atoms with Gasteiger partial charge in [-0.05, 0) is 41.6 Å². The van der Waals surface area contributed by atoms with Crippen molar-refractivity contribution in [1.29, 1.82) is 0 Å². The molecule has 1 aliphatic rings. The number of nitrogens with zero attached hydrogens (tertiary/aromatic N) is 2. The summed E-state index contributed by atoms with van der Waals surface area (Å²) >= 11 is 0. The van der Waals surface area contributed by atoms with Gasteiger partial charge in [0.25, 0.3) is 0 Å². The van der Waals surface area contributed by atoms with Crippen molar-refractivity contribution in [1.82, 2.24) is 30.6 Å². The Morgan fingerprint density at radius 3 is 1.97 bits per heavy atom. The predicted molar refractivity (Wildman–Crippen MR) is 124 cm³/mol. The topological polar surface area (TPSA) is 81.4 Å². The Hall–Kier alpha value is -2.12. The van der Waals surface area contributed by atoms with Gasteiger partial charge in [-0.15, -0.1) is 0 Å². The summed E-state index contributed by atoms with van der Waals surface area (Å²) in [7, 11) is 3.65. The van der Waals surface area contributed by atoms with E-state index in [0.29, 0.717) is 6.04 Å². The van der Waals surface area contributed by atoms with E-state index in [1.807, 2.05) is 12.4 Å². The second kappa shape index (κ2) is 10.2. The molecule has 4 N–H and O–H groups in total. The molecule has 7 heteroatoms. The molecule has 161 valence electrons. The van der Waals surface area contributed by atoms with Crippen molar-refractivity contribution in [3.63, 3.8) is 0 Å². The van der Waals surface area contributed by atoms with Gasteiger partial charge in [0.15, 0.2) is 0 Å². The molecular formula is C25H26N6Y-2. The molecule has 1 radical (unpaired) electrons. The van der Waals surface area contributed by atoms with Crippen molar-refractivity contribution >= 4 is 0 Å². The first-order valence-corrected chi connectivity index (χ1v) is 10.6. The Kier molecular flexibility index (Phi) is 7.36. The molecule has 4 aromatic rings. The number of nitrogens with one attached hydrogen (secondary N) is 4. The van der Waals surface area contributed by atoms with Crippen LogP contribution in [-0.4, -0.2) is 26.5 Å². The average molecular weight is 499 g/mol. The fourth-order valence-corrected chi connectivity index (χ4v) is 4.02. The summed E-state index contributed by atoms with van der Waals surface area (Å²) in [5.74, 6) is 1.81. The third-order valence-corrected chi connectivity index (χ3v) is 5.88. The van der Waals surface area contributed by atoms with Crippen LogP contribution in [-0.2, 0) is 32.7 Å². The maximum atomic E-state index is 4.57. The molecule has 32 heavy (non-hydrogen) atoms. The van der Waals surface area contributed by atoms with E-state index in [9.17, 15) is 0 Å². The van der Waals surface area contributed by atoms with Crippen LogP contribution in [0.5, 0.6) is 0 Å². The first kappa shape index (κ1) is 23.1. The Morgan fingerprint density at radius 2 is 1.41 bits per heavy atom. The number of aromatic nitrogens is 4. The molecule has 2 unspecified atom stereocenters. The third-order valence-electron chi connectivity index (χ3n) is 5.88. The summed E-state index contributed by atoms with van der Waals surface area (Å²) in [6.07, 6.45) is 6.11. The van der Waals surface area contributed by atoms with Crippen LogP contribution in [0.3, 0.4) is 0 Å². The molecule has 1 aliphatic heterocycles. The first-order chi connectivity index (χ1) is 15.2. The van der Waals surface area contributed by atoms with Crippen LogP contribution in [0.1, 0.15) is 36.6 Å². The van der Waals surface area contributed by atoms with Gasteiger partial charge in [0, 0.05) is 32.7 Å². The van der Waals surface area contributed by atoms with E-state index in [1.165, 1.54) is 17.5 Å². The summed E-state index contributed by atoms with van der Waals surface area (Å²) in [5, 5.41) is 6.33. The summed E-state index contributed by atoms with van der Waals surface area (Å²) in [6.45, 7) is 5.03. The van der Waals surface area contributed by atoms with Crippen LogP contribution in [0.15, 0.2) is 60.9 Å². The van der Waals surface area contributed by atoms with E-state index in [1.54, 1.807) is 0 Å². The molecule has 0 saturated carbocycles. The van der Waals surface area contributed by atoms with Crippen LogP contribution >= 0.6 is 0 Å². The predicted octanol–water partition coefficient (Wildman–Crippen LogP) is 4.81. The molecule has 0 aliphatic carbocycles. The molecule has 2 aromatic heterocycles. The number of benzene rings is 2. The van der Waals surface area contributed by atoms with Gasteiger partial charge < -0.3 is 27.5 Å². The largest absolute Gasteiger partial charge is 0.489 e. The van der Waals surface area contributed by atoms with E-state index in [2.05, 4.69) is 93.1 Å². The van der Waals surface area contributed by atoms with E-state index in [0.717, 1.165) is 47.1 Å². The molecule has 0 amide bonds. The van der Waals surface area contributed by atoms with E-state index in [4.69, 9.17) is 0 Å². The molecule has 3 heterocycles. The number of hydrogen-bond donors (Lipinski definition) is 4. The first-order valence-electron chi connectivity index (χ1n) is 10.6. The zero-order valence-corrected chi connectivity index (χ0v) is 20.8. The fraction of sp³-hybridized carbons (Fsp3) is 0.200. The molecule has 2 atom stereocenters. The van der Waals surface area contributed by atoms with Crippen LogP contribution in [0.25, 0.3) is 33.6 Å². The van der Waals surface area contributed by atoms with Gasteiger partial charge in [0.2, 0.25) is 0 Å². The molecule has 1 saturated heterocycles. The van der Waals surface area contributed by atoms with Crippen molar-refractivity contribution in [3.05, 3.63) is 86.5 Å². The monoisotopic (exact) mass is 499 g/mol. The Bertz CT molecular complexity index is 1140. The van der Waals surface area contributed by atoms with Gasteiger partial charge in [0.1, 0.15) is 5.82 Å². The fourth-order valence-electron chi connectivity index (χ4n) is 4.02. The van der Waals surface area contributed by atoms with Crippen LogP contribution in [0.4, 0.5) is 0 Å². The quantitative estimate of drug-likeness (QED) is 0.287. The van der Waals surface area contributed by atoms with Crippen LogP contribution < -0.4 is 10.6 Å². The minimum absolute atomic E-state index is 0. The number of imidazole rings is 2. The van der Waals surface area contributed by atoms with Crippen LogP contribution in [0.2, 0.25) is 0 Å². The Morgan fingerprint density at radius 1 is 0.844 bits per heavy atom. The Balaban J connectivity index is 0.00000245. The summed E-state index contributed by atoms with van der Waals surface area (Å²) in [4.78, 5) is 15.7. The maximum Gasteiger partial charge on any atom is 0.123 e.